The van der Waals surface area contributed by atoms with Gasteiger partial charge in [-0.1, -0.05) is 36.4 Å². The van der Waals surface area contributed by atoms with Gasteiger partial charge in [0.25, 0.3) is 5.91 Å². The number of anilines is 3. The fraction of sp³-hybridized carbons (Fsp3) is 0.120. The Bertz CT molecular complexity index is 1320. The number of nitrogens with zero attached hydrogens (tertiary/aromatic N) is 2. The van der Waals surface area contributed by atoms with E-state index in [1.165, 1.54) is 7.11 Å². The summed E-state index contributed by atoms with van der Waals surface area (Å²) in [6.45, 7) is 3.94. The Morgan fingerprint density at radius 3 is 2.31 bits per heavy atom. The molecule has 7 nitrogen and oxygen atoms in total. The summed E-state index contributed by atoms with van der Waals surface area (Å²) in [6.07, 6.45) is 0. The minimum absolute atomic E-state index is 0.159. The number of aromatic nitrogens is 2. The van der Waals surface area contributed by atoms with Crippen LogP contribution >= 0.6 is 0 Å². The number of rotatable bonds is 5. The number of nitrogens with one attached hydrogen (secondary N) is 2. The van der Waals surface area contributed by atoms with Gasteiger partial charge >= 0.3 is 5.97 Å². The highest BCUT2D eigenvalue weighted by atomic mass is 16.5. The molecular formula is C25H22N4O3. The molecule has 1 aromatic heterocycles. The number of esters is 1. The number of carbonyl (C=O) groups is 2. The van der Waals surface area contributed by atoms with E-state index in [1.54, 1.807) is 30.3 Å². The Morgan fingerprint density at radius 2 is 1.59 bits per heavy atom. The van der Waals surface area contributed by atoms with Gasteiger partial charge in [-0.2, -0.15) is 0 Å². The monoisotopic (exact) mass is 426 g/mol. The summed E-state index contributed by atoms with van der Waals surface area (Å²) in [6, 6.07) is 20.3. The van der Waals surface area contributed by atoms with Crippen molar-refractivity contribution in [2.45, 2.75) is 13.8 Å². The molecule has 0 unspecified atom stereocenters. The van der Waals surface area contributed by atoms with Gasteiger partial charge in [-0.25, -0.2) is 4.79 Å². The van der Waals surface area contributed by atoms with Crippen LogP contribution in [0.4, 0.5) is 17.2 Å². The maximum Gasteiger partial charge on any atom is 0.359 e. The number of fused-ring (bicyclic) bond motifs is 1. The van der Waals surface area contributed by atoms with Gasteiger partial charge in [0.15, 0.2) is 11.5 Å². The summed E-state index contributed by atoms with van der Waals surface area (Å²) in [5.74, 6) is -0.224. The lowest BCUT2D eigenvalue weighted by Crippen LogP contribution is -2.13. The van der Waals surface area contributed by atoms with Gasteiger partial charge in [0.1, 0.15) is 0 Å². The quantitative estimate of drug-likeness (QED) is 0.435. The average molecular weight is 426 g/mol. The first-order valence-corrected chi connectivity index (χ1v) is 10.1. The van der Waals surface area contributed by atoms with Crippen LogP contribution in [0.5, 0.6) is 0 Å². The van der Waals surface area contributed by atoms with Gasteiger partial charge in [0.05, 0.1) is 7.11 Å². The zero-order chi connectivity index (χ0) is 22.7. The zero-order valence-corrected chi connectivity index (χ0v) is 18.0. The van der Waals surface area contributed by atoms with E-state index in [1.807, 2.05) is 50.2 Å². The SMILES string of the molecule is COC(=O)c1nnc(Nc2ccc(C(=O)Nc3cc(C)ccc3C)cc2)c2ccccc12. The molecule has 1 amide bonds. The highest BCUT2D eigenvalue weighted by molar-refractivity contribution is 6.06. The first-order valence-electron chi connectivity index (χ1n) is 10.1. The molecule has 2 N–H and O–H groups in total. The fourth-order valence-electron chi connectivity index (χ4n) is 3.35. The number of ether oxygens (including phenoxy) is 1. The first-order chi connectivity index (χ1) is 15.5. The van der Waals surface area contributed by atoms with Crippen LogP contribution < -0.4 is 10.6 Å². The molecule has 4 rings (SSSR count). The van der Waals surface area contributed by atoms with Crippen molar-refractivity contribution < 1.29 is 14.3 Å². The third-order valence-electron chi connectivity index (χ3n) is 5.12. The lowest BCUT2D eigenvalue weighted by molar-refractivity contribution is 0.0595. The number of amides is 1. The van der Waals surface area contributed by atoms with Crippen LogP contribution in [0.15, 0.2) is 66.7 Å². The van der Waals surface area contributed by atoms with Gasteiger partial charge in [0, 0.05) is 27.7 Å². The Hall–Kier alpha value is -4.26. The molecule has 7 heteroatoms. The molecule has 0 aliphatic rings. The number of hydrogen-bond donors (Lipinski definition) is 2. The Balaban J connectivity index is 1.55. The van der Waals surface area contributed by atoms with Crippen LogP contribution in [-0.2, 0) is 4.74 Å². The predicted octanol–water partition coefficient (Wildman–Crippen LogP) is 5.03. The highest BCUT2D eigenvalue weighted by Gasteiger charge is 2.16. The van der Waals surface area contributed by atoms with Crippen LogP contribution in [0, 0.1) is 13.8 Å². The first kappa shape index (κ1) is 21.0. The topological polar surface area (TPSA) is 93.2 Å². The molecule has 160 valence electrons. The van der Waals surface area contributed by atoms with Crippen molar-refractivity contribution in [2.75, 3.05) is 17.7 Å². The van der Waals surface area contributed by atoms with Gasteiger partial charge in [-0.05, 0) is 55.3 Å². The number of hydrogen-bond acceptors (Lipinski definition) is 6. The van der Waals surface area contributed by atoms with Crippen molar-refractivity contribution in [1.29, 1.82) is 0 Å². The standard InChI is InChI=1S/C25H22N4O3/c1-15-8-9-16(2)21(14-15)27-24(30)17-10-12-18(13-11-17)26-23-20-7-5-4-6-19(20)22(28-29-23)25(31)32-3/h4-14H,1-3H3,(H,26,29)(H,27,30). The van der Waals surface area contributed by atoms with E-state index >= 15 is 0 Å². The third-order valence-corrected chi connectivity index (χ3v) is 5.12. The fourth-order valence-corrected chi connectivity index (χ4v) is 3.35. The molecule has 4 aromatic rings. The zero-order valence-electron chi connectivity index (χ0n) is 18.0. The van der Waals surface area contributed by atoms with Crippen LogP contribution in [0.3, 0.4) is 0 Å². The summed E-state index contributed by atoms with van der Waals surface area (Å²) in [4.78, 5) is 24.6. The van der Waals surface area contributed by atoms with Crippen molar-refractivity contribution in [1.82, 2.24) is 10.2 Å². The summed E-state index contributed by atoms with van der Waals surface area (Å²) in [5.41, 5.74) is 4.31. The predicted molar refractivity (Wildman–Crippen MR) is 124 cm³/mol. The lowest BCUT2D eigenvalue weighted by atomic mass is 10.1. The van der Waals surface area contributed by atoms with Crippen molar-refractivity contribution in [3.05, 3.63) is 89.1 Å². The minimum Gasteiger partial charge on any atom is -0.464 e. The largest absolute Gasteiger partial charge is 0.464 e. The number of methoxy groups -OCH3 is 1. The molecule has 0 bridgehead atoms. The Morgan fingerprint density at radius 1 is 0.875 bits per heavy atom. The Kier molecular flexibility index (Phi) is 5.81. The van der Waals surface area contributed by atoms with Crippen LogP contribution in [0.1, 0.15) is 32.0 Å². The van der Waals surface area contributed by atoms with E-state index in [9.17, 15) is 9.59 Å². The molecular weight excluding hydrogens is 404 g/mol. The van der Waals surface area contributed by atoms with Gasteiger partial charge in [0.2, 0.25) is 0 Å². The van der Waals surface area contributed by atoms with E-state index in [2.05, 4.69) is 20.8 Å². The van der Waals surface area contributed by atoms with Crippen molar-refractivity contribution >= 4 is 39.8 Å². The van der Waals surface area contributed by atoms with Crippen LogP contribution in [0.2, 0.25) is 0 Å². The van der Waals surface area contributed by atoms with E-state index in [4.69, 9.17) is 4.74 Å². The van der Waals surface area contributed by atoms with E-state index in [-0.39, 0.29) is 11.6 Å². The second kappa shape index (κ2) is 8.85. The average Bonchev–Trinajstić information content (AvgIpc) is 2.81. The Labute approximate surface area is 185 Å². The molecule has 0 aliphatic heterocycles. The maximum atomic E-state index is 12.7. The minimum atomic E-state index is -0.542. The third kappa shape index (κ3) is 4.27. The molecule has 0 fully saturated rings. The summed E-state index contributed by atoms with van der Waals surface area (Å²) in [5, 5.41) is 15.7. The number of carbonyl (C=O) groups excluding carboxylic acids is 2. The summed E-state index contributed by atoms with van der Waals surface area (Å²) in [7, 11) is 1.31. The van der Waals surface area contributed by atoms with Gasteiger partial charge < -0.3 is 15.4 Å². The van der Waals surface area contributed by atoms with Crippen LogP contribution in [-0.4, -0.2) is 29.2 Å². The smallest absolute Gasteiger partial charge is 0.359 e. The second-order valence-corrected chi connectivity index (χ2v) is 7.41. The molecule has 0 atom stereocenters. The van der Waals surface area contributed by atoms with Crippen molar-refractivity contribution in [2.24, 2.45) is 0 Å². The molecule has 0 radical (unpaired) electrons. The number of aryl methyl sites for hydroxylation is 2. The normalized spacial score (nSPS) is 10.6. The van der Waals surface area contributed by atoms with E-state index < -0.39 is 5.97 Å². The summed E-state index contributed by atoms with van der Waals surface area (Å²) < 4.78 is 4.79. The molecule has 0 saturated heterocycles. The number of benzene rings is 3. The second-order valence-electron chi connectivity index (χ2n) is 7.41. The molecule has 0 saturated carbocycles. The van der Waals surface area contributed by atoms with Crippen LogP contribution in [0.25, 0.3) is 10.8 Å². The molecule has 3 aromatic carbocycles. The van der Waals surface area contributed by atoms with Crippen molar-refractivity contribution in [3.63, 3.8) is 0 Å². The molecule has 32 heavy (non-hydrogen) atoms. The van der Waals surface area contributed by atoms with E-state index in [0.717, 1.165) is 27.9 Å². The maximum absolute atomic E-state index is 12.7. The molecule has 0 aliphatic carbocycles. The summed E-state index contributed by atoms with van der Waals surface area (Å²) >= 11 is 0. The van der Waals surface area contributed by atoms with E-state index in [0.29, 0.717) is 16.8 Å². The lowest BCUT2D eigenvalue weighted by Gasteiger charge is -2.12. The molecule has 1 heterocycles. The van der Waals surface area contributed by atoms with Crippen molar-refractivity contribution in [3.8, 4) is 0 Å². The van der Waals surface area contributed by atoms with Gasteiger partial charge in [-0.15, -0.1) is 10.2 Å². The van der Waals surface area contributed by atoms with Gasteiger partial charge in [-0.3, -0.25) is 4.79 Å². The highest BCUT2D eigenvalue weighted by Crippen LogP contribution is 2.26. The molecule has 0 spiro atoms.